The highest BCUT2D eigenvalue weighted by atomic mass is 16.3. The highest BCUT2D eigenvalue weighted by Crippen LogP contribution is 2.48. The van der Waals surface area contributed by atoms with Crippen LogP contribution in [0.2, 0.25) is 0 Å². The standard InChI is InChI=1S/C36H22O/c1-2-10-26-25(9-1)27-11-3-4-13-29(27)31-19-17-23(21-33(31)30-14-6-5-12-28(26)30)24-18-20-36-34(22-24)32-15-7-8-16-35(32)37-36/h1-22H. The maximum absolute atomic E-state index is 6.08. The molecule has 0 N–H and O–H groups in total. The third kappa shape index (κ3) is 3.04. The molecule has 0 bridgehead atoms. The molecule has 1 heterocycles. The third-order valence-corrected chi connectivity index (χ3v) is 7.67. The van der Waals surface area contributed by atoms with Crippen molar-refractivity contribution in [2.24, 2.45) is 0 Å². The van der Waals surface area contributed by atoms with E-state index in [4.69, 9.17) is 4.42 Å². The van der Waals surface area contributed by atoms with Crippen molar-refractivity contribution >= 4 is 21.9 Å². The van der Waals surface area contributed by atoms with Crippen molar-refractivity contribution < 1.29 is 4.42 Å². The molecule has 0 amide bonds. The minimum atomic E-state index is 0.923. The molecule has 172 valence electrons. The van der Waals surface area contributed by atoms with Gasteiger partial charge in [-0.25, -0.2) is 0 Å². The average molecular weight is 471 g/mol. The largest absolute Gasteiger partial charge is 0.456 e. The van der Waals surface area contributed by atoms with E-state index in [1.165, 1.54) is 55.6 Å². The first-order valence-corrected chi connectivity index (χ1v) is 12.7. The minimum Gasteiger partial charge on any atom is -0.456 e. The van der Waals surface area contributed by atoms with E-state index in [1.807, 2.05) is 12.1 Å². The summed E-state index contributed by atoms with van der Waals surface area (Å²) >= 11 is 0. The predicted octanol–water partition coefficient (Wildman–Crippen LogP) is 10.2. The molecule has 0 saturated carbocycles. The molecule has 7 aromatic rings. The first-order chi connectivity index (χ1) is 18.3. The van der Waals surface area contributed by atoms with E-state index >= 15 is 0 Å². The number of hydrogen-bond donors (Lipinski definition) is 0. The Kier molecular flexibility index (Phi) is 4.29. The van der Waals surface area contributed by atoms with Gasteiger partial charge in [0.15, 0.2) is 0 Å². The zero-order valence-corrected chi connectivity index (χ0v) is 20.1. The van der Waals surface area contributed by atoms with E-state index in [2.05, 4.69) is 121 Å². The molecule has 1 aliphatic carbocycles. The Bertz CT molecular complexity index is 1980. The fourth-order valence-electron chi connectivity index (χ4n) is 5.95. The van der Waals surface area contributed by atoms with E-state index in [0.29, 0.717) is 0 Å². The van der Waals surface area contributed by atoms with Gasteiger partial charge in [-0.15, -0.1) is 0 Å². The number of rotatable bonds is 1. The van der Waals surface area contributed by atoms with E-state index < -0.39 is 0 Å². The molecule has 1 nitrogen and oxygen atoms in total. The number of fused-ring (bicyclic) bond motifs is 11. The van der Waals surface area contributed by atoms with Crippen molar-refractivity contribution in [1.29, 1.82) is 0 Å². The molecule has 0 fully saturated rings. The van der Waals surface area contributed by atoms with Crippen LogP contribution in [0, 0.1) is 0 Å². The van der Waals surface area contributed by atoms with Crippen molar-refractivity contribution in [1.82, 2.24) is 0 Å². The van der Waals surface area contributed by atoms with E-state index in [1.54, 1.807) is 0 Å². The highest BCUT2D eigenvalue weighted by Gasteiger charge is 2.21. The Labute approximate surface area is 215 Å². The molecular weight excluding hydrogens is 448 g/mol. The molecule has 37 heavy (non-hydrogen) atoms. The van der Waals surface area contributed by atoms with Crippen molar-refractivity contribution in [3.63, 3.8) is 0 Å². The monoisotopic (exact) mass is 470 g/mol. The molecule has 0 saturated heterocycles. The molecule has 1 aromatic heterocycles. The zero-order valence-electron chi connectivity index (χ0n) is 20.1. The summed E-state index contributed by atoms with van der Waals surface area (Å²) in [4.78, 5) is 0. The van der Waals surface area contributed by atoms with Crippen molar-refractivity contribution in [2.45, 2.75) is 0 Å². The van der Waals surface area contributed by atoms with Crippen molar-refractivity contribution in [3.8, 4) is 55.6 Å². The Balaban J connectivity index is 1.41. The molecule has 1 aliphatic rings. The Morgan fingerprint density at radius 2 is 0.730 bits per heavy atom. The summed E-state index contributed by atoms with van der Waals surface area (Å²) in [6.45, 7) is 0. The van der Waals surface area contributed by atoms with E-state index in [-0.39, 0.29) is 0 Å². The summed E-state index contributed by atoms with van der Waals surface area (Å²) < 4.78 is 6.08. The minimum absolute atomic E-state index is 0.923. The van der Waals surface area contributed by atoms with Gasteiger partial charge in [0.1, 0.15) is 11.2 Å². The van der Waals surface area contributed by atoms with Gasteiger partial charge in [0.25, 0.3) is 0 Å². The SMILES string of the molecule is c1ccc2c(c1)-c1ccccc1-c1ccc(-c3ccc4oc5ccccc5c4c3)cc1-c1ccccc1-2. The lowest BCUT2D eigenvalue weighted by Gasteiger charge is -2.23. The molecule has 0 atom stereocenters. The second-order valence-corrected chi connectivity index (χ2v) is 9.71. The van der Waals surface area contributed by atoms with Gasteiger partial charge < -0.3 is 4.42 Å². The van der Waals surface area contributed by atoms with Crippen LogP contribution in [0.15, 0.2) is 138 Å². The van der Waals surface area contributed by atoms with E-state index in [0.717, 1.165) is 21.9 Å². The van der Waals surface area contributed by atoms with Gasteiger partial charge in [-0.05, 0) is 79.9 Å². The lowest BCUT2D eigenvalue weighted by atomic mass is 9.80. The Morgan fingerprint density at radius 3 is 1.35 bits per heavy atom. The van der Waals surface area contributed by atoms with Crippen LogP contribution in [0.4, 0.5) is 0 Å². The van der Waals surface area contributed by atoms with Crippen LogP contribution in [0.3, 0.4) is 0 Å². The number of furan rings is 1. The topological polar surface area (TPSA) is 13.1 Å². The second-order valence-electron chi connectivity index (χ2n) is 9.71. The summed E-state index contributed by atoms with van der Waals surface area (Å²) in [5.74, 6) is 0. The fourth-order valence-corrected chi connectivity index (χ4v) is 5.95. The highest BCUT2D eigenvalue weighted by molar-refractivity contribution is 6.07. The van der Waals surface area contributed by atoms with Crippen LogP contribution in [-0.2, 0) is 0 Å². The van der Waals surface area contributed by atoms with Gasteiger partial charge >= 0.3 is 0 Å². The van der Waals surface area contributed by atoms with Gasteiger partial charge in [-0.1, -0.05) is 109 Å². The maximum Gasteiger partial charge on any atom is 0.135 e. The summed E-state index contributed by atoms with van der Waals surface area (Å²) in [6, 6.07) is 48.1. The van der Waals surface area contributed by atoms with Gasteiger partial charge in [0.2, 0.25) is 0 Å². The predicted molar refractivity (Wildman–Crippen MR) is 154 cm³/mol. The van der Waals surface area contributed by atoms with Gasteiger partial charge in [0, 0.05) is 10.8 Å². The number of hydrogen-bond acceptors (Lipinski definition) is 1. The summed E-state index contributed by atoms with van der Waals surface area (Å²) in [7, 11) is 0. The molecule has 8 rings (SSSR count). The maximum atomic E-state index is 6.08. The smallest absolute Gasteiger partial charge is 0.135 e. The Hall–Kier alpha value is -4.88. The first kappa shape index (κ1) is 20.3. The van der Waals surface area contributed by atoms with Gasteiger partial charge in [-0.3, -0.25) is 0 Å². The van der Waals surface area contributed by atoms with Crippen LogP contribution >= 0.6 is 0 Å². The summed E-state index contributed by atoms with van der Waals surface area (Å²) in [5.41, 5.74) is 14.4. The van der Waals surface area contributed by atoms with Crippen LogP contribution in [0.25, 0.3) is 77.6 Å². The molecule has 0 aliphatic heterocycles. The quantitative estimate of drug-likeness (QED) is 0.233. The average Bonchev–Trinajstić information content (AvgIpc) is 3.34. The second kappa shape index (κ2) is 7.81. The fraction of sp³-hybridized carbons (Fsp3) is 0. The first-order valence-electron chi connectivity index (χ1n) is 12.7. The van der Waals surface area contributed by atoms with Crippen LogP contribution in [-0.4, -0.2) is 0 Å². The van der Waals surface area contributed by atoms with Crippen LogP contribution < -0.4 is 0 Å². The van der Waals surface area contributed by atoms with Crippen LogP contribution in [0.1, 0.15) is 0 Å². The lowest BCUT2D eigenvalue weighted by molar-refractivity contribution is 0.669. The normalized spacial score (nSPS) is 11.8. The molecule has 6 aromatic carbocycles. The molecule has 0 spiro atoms. The Morgan fingerprint density at radius 1 is 0.297 bits per heavy atom. The van der Waals surface area contributed by atoms with Crippen molar-refractivity contribution in [3.05, 3.63) is 133 Å². The number of para-hydroxylation sites is 1. The molecule has 0 radical (unpaired) electrons. The molecule has 0 unspecified atom stereocenters. The third-order valence-electron chi connectivity index (χ3n) is 7.67. The lowest BCUT2D eigenvalue weighted by Crippen LogP contribution is -1.97. The van der Waals surface area contributed by atoms with E-state index in [9.17, 15) is 0 Å². The summed E-state index contributed by atoms with van der Waals surface area (Å²) in [6.07, 6.45) is 0. The van der Waals surface area contributed by atoms with Gasteiger partial charge in [-0.2, -0.15) is 0 Å². The summed E-state index contributed by atoms with van der Waals surface area (Å²) in [5, 5.41) is 2.31. The van der Waals surface area contributed by atoms with Crippen molar-refractivity contribution in [2.75, 3.05) is 0 Å². The van der Waals surface area contributed by atoms with Gasteiger partial charge in [0.05, 0.1) is 0 Å². The number of benzene rings is 6. The molecular formula is C36H22O. The zero-order chi connectivity index (χ0) is 24.3. The van der Waals surface area contributed by atoms with Crippen LogP contribution in [0.5, 0.6) is 0 Å². The molecule has 1 heteroatoms.